The molecule has 3 saturated heterocycles. The van der Waals surface area contributed by atoms with E-state index in [-0.39, 0.29) is 36.4 Å². The molecule has 0 radical (unpaired) electrons. The molecule has 2 bridgehead atoms. The number of likely N-dealkylation sites (N-methyl/N-ethyl adjacent to an activating group) is 1. The van der Waals surface area contributed by atoms with Crippen LogP contribution in [0.2, 0.25) is 0 Å². The van der Waals surface area contributed by atoms with Crippen molar-refractivity contribution in [2.75, 3.05) is 20.1 Å². The summed E-state index contributed by atoms with van der Waals surface area (Å²) >= 11 is 0. The van der Waals surface area contributed by atoms with E-state index in [9.17, 15) is 14.4 Å². The maximum Gasteiger partial charge on any atom is 0.410 e. The Morgan fingerprint density at radius 2 is 1.96 bits per heavy atom. The van der Waals surface area contributed by atoms with Gasteiger partial charge in [-0.05, 0) is 38.5 Å². The van der Waals surface area contributed by atoms with Crippen molar-refractivity contribution in [3.8, 4) is 0 Å². The highest BCUT2D eigenvalue weighted by molar-refractivity contribution is 5.84. The standard InChI is InChI=1S/C16H23N3O4/c1-17-13(20)9-18-8-12-16(23-15(18)22)6-4-11(5-7-16)19(12)14(21)10-2-3-10/h10-12H,2-9H2,1H3,(H,17,20). The minimum absolute atomic E-state index is 0.0158. The van der Waals surface area contributed by atoms with Crippen molar-refractivity contribution in [3.05, 3.63) is 0 Å². The second-order valence-electron chi connectivity index (χ2n) is 7.25. The van der Waals surface area contributed by atoms with E-state index < -0.39 is 11.7 Å². The molecule has 0 aromatic rings. The zero-order valence-electron chi connectivity index (χ0n) is 13.4. The lowest BCUT2D eigenvalue weighted by Gasteiger charge is -2.60. The van der Waals surface area contributed by atoms with Crippen molar-refractivity contribution < 1.29 is 19.1 Å². The molecule has 2 aliphatic carbocycles. The Kier molecular flexibility index (Phi) is 3.28. The highest BCUT2D eigenvalue weighted by Crippen LogP contribution is 2.49. The van der Waals surface area contributed by atoms with Gasteiger partial charge in [0.1, 0.15) is 12.1 Å². The molecule has 7 nitrogen and oxygen atoms in total. The second-order valence-corrected chi connectivity index (χ2v) is 7.25. The second kappa shape index (κ2) is 5.11. The fourth-order valence-electron chi connectivity index (χ4n) is 4.41. The molecule has 5 aliphatic rings. The van der Waals surface area contributed by atoms with Crippen LogP contribution in [0.4, 0.5) is 4.79 Å². The first-order chi connectivity index (χ1) is 11.0. The molecule has 126 valence electrons. The zero-order valence-corrected chi connectivity index (χ0v) is 13.4. The highest BCUT2D eigenvalue weighted by atomic mass is 16.6. The zero-order chi connectivity index (χ0) is 16.2. The van der Waals surface area contributed by atoms with Crippen LogP contribution in [0.5, 0.6) is 0 Å². The monoisotopic (exact) mass is 321 g/mol. The average Bonchev–Trinajstić information content (AvgIpc) is 3.39. The number of hydrogen-bond acceptors (Lipinski definition) is 4. The van der Waals surface area contributed by atoms with E-state index in [1.54, 1.807) is 7.05 Å². The molecule has 3 heterocycles. The Morgan fingerprint density at radius 1 is 1.26 bits per heavy atom. The predicted octanol–water partition coefficient (Wildman–Crippen LogP) is 0.487. The van der Waals surface area contributed by atoms with Crippen LogP contribution in [0, 0.1) is 5.92 Å². The third-order valence-electron chi connectivity index (χ3n) is 5.87. The maximum absolute atomic E-state index is 12.8. The van der Waals surface area contributed by atoms with Gasteiger partial charge >= 0.3 is 6.09 Å². The summed E-state index contributed by atoms with van der Waals surface area (Å²) in [6, 6.07) is 0.166. The Balaban J connectivity index is 1.60. The molecular formula is C16H23N3O4. The van der Waals surface area contributed by atoms with E-state index in [0.717, 1.165) is 38.5 Å². The minimum Gasteiger partial charge on any atom is -0.441 e. The van der Waals surface area contributed by atoms with E-state index >= 15 is 0 Å². The first kappa shape index (κ1) is 14.8. The summed E-state index contributed by atoms with van der Waals surface area (Å²) < 4.78 is 5.82. The molecule has 3 amide bonds. The van der Waals surface area contributed by atoms with Gasteiger partial charge in [0.05, 0.1) is 6.04 Å². The highest BCUT2D eigenvalue weighted by Gasteiger charge is 2.60. The van der Waals surface area contributed by atoms with Crippen molar-refractivity contribution in [3.63, 3.8) is 0 Å². The average molecular weight is 321 g/mol. The number of carbonyl (C=O) groups is 3. The molecule has 0 aromatic heterocycles. The third kappa shape index (κ3) is 2.28. The minimum atomic E-state index is -0.532. The fraction of sp³-hybridized carbons (Fsp3) is 0.812. The van der Waals surface area contributed by atoms with Gasteiger partial charge < -0.3 is 15.0 Å². The molecule has 2 saturated carbocycles. The summed E-state index contributed by atoms with van der Waals surface area (Å²) in [6.45, 7) is 0.388. The predicted molar refractivity (Wildman–Crippen MR) is 80.5 cm³/mol. The van der Waals surface area contributed by atoms with E-state index in [0.29, 0.717) is 6.54 Å². The van der Waals surface area contributed by atoms with Crippen LogP contribution in [0.3, 0.4) is 0 Å². The fourth-order valence-corrected chi connectivity index (χ4v) is 4.41. The Hall–Kier alpha value is -1.79. The first-order valence-corrected chi connectivity index (χ1v) is 8.55. The van der Waals surface area contributed by atoms with Crippen LogP contribution in [0.1, 0.15) is 38.5 Å². The first-order valence-electron chi connectivity index (χ1n) is 8.55. The number of nitrogens with zero attached hydrogens (tertiary/aromatic N) is 2. The van der Waals surface area contributed by atoms with E-state index in [4.69, 9.17) is 4.74 Å². The normalized spacial score (nSPS) is 35.6. The molecule has 3 aliphatic heterocycles. The summed E-state index contributed by atoms with van der Waals surface area (Å²) in [5.41, 5.74) is -0.532. The topological polar surface area (TPSA) is 79.0 Å². The number of rotatable bonds is 3. The Labute approximate surface area is 135 Å². The van der Waals surface area contributed by atoms with Crippen LogP contribution >= 0.6 is 0 Å². The van der Waals surface area contributed by atoms with Gasteiger partial charge in [-0.2, -0.15) is 0 Å². The van der Waals surface area contributed by atoms with Gasteiger partial charge in [-0.3, -0.25) is 14.5 Å². The lowest BCUT2D eigenvalue weighted by atomic mass is 9.69. The molecule has 1 N–H and O–H groups in total. The van der Waals surface area contributed by atoms with Crippen molar-refractivity contribution in [2.45, 2.75) is 56.2 Å². The van der Waals surface area contributed by atoms with Gasteiger partial charge in [0, 0.05) is 25.6 Å². The van der Waals surface area contributed by atoms with Crippen molar-refractivity contribution >= 4 is 17.9 Å². The van der Waals surface area contributed by atoms with E-state index in [1.165, 1.54) is 4.90 Å². The van der Waals surface area contributed by atoms with Crippen molar-refractivity contribution in [1.82, 2.24) is 15.1 Å². The van der Waals surface area contributed by atoms with Crippen LogP contribution in [-0.4, -0.2) is 65.5 Å². The summed E-state index contributed by atoms with van der Waals surface area (Å²) in [5.74, 6) is 0.164. The number of carbonyl (C=O) groups excluding carboxylic acids is 3. The Morgan fingerprint density at radius 3 is 2.57 bits per heavy atom. The van der Waals surface area contributed by atoms with Gasteiger partial charge in [0.15, 0.2) is 0 Å². The van der Waals surface area contributed by atoms with Gasteiger partial charge in [0.2, 0.25) is 11.8 Å². The quantitative estimate of drug-likeness (QED) is 0.820. The number of ether oxygens (including phenoxy) is 1. The van der Waals surface area contributed by atoms with Gasteiger partial charge in [-0.15, -0.1) is 0 Å². The molecule has 7 heteroatoms. The van der Waals surface area contributed by atoms with Gasteiger partial charge in [-0.1, -0.05) is 0 Å². The molecule has 1 unspecified atom stereocenters. The van der Waals surface area contributed by atoms with Crippen LogP contribution in [0.15, 0.2) is 0 Å². The van der Waals surface area contributed by atoms with Gasteiger partial charge in [-0.25, -0.2) is 4.79 Å². The number of nitrogens with one attached hydrogen (secondary N) is 1. The Bertz CT molecular complexity index is 552. The maximum atomic E-state index is 12.8. The largest absolute Gasteiger partial charge is 0.441 e. The SMILES string of the molecule is CNC(=O)CN1CC2N(C(=O)C3CC3)C3CCC2(CC3)OC1=O. The number of amides is 3. The number of fused-ring (bicyclic) bond motifs is 2. The van der Waals surface area contributed by atoms with Crippen LogP contribution in [-0.2, 0) is 14.3 Å². The summed E-state index contributed by atoms with van der Waals surface area (Å²) in [6.07, 6.45) is 5.01. The summed E-state index contributed by atoms with van der Waals surface area (Å²) in [4.78, 5) is 40.2. The van der Waals surface area contributed by atoms with Crippen LogP contribution < -0.4 is 5.32 Å². The van der Waals surface area contributed by atoms with Crippen LogP contribution in [0.25, 0.3) is 0 Å². The molecule has 23 heavy (non-hydrogen) atoms. The summed E-state index contributed by atoms with van der Waals surface area (Å²) in [7, 11) is 1.55. The lowest BCUT2D eigenvalue weighted by molar-refractivity contribution is -0.189. The summed E-state index contributed by atoms with van der Waals surface area (Å²) in [5, 5.41) is 2.53. The third-order valence-corrected chi connectivity index (χ3v) is 5.87. The van der Waals surface area contributed by atoms with Crippen molar-refractivity contribution in [2.24, 2.45) is 5.92 Å². The van der Waals surface area contributed by atoms with E-state index in [1.807, 2.05) is 4.90 Å². The lowest BCUT2D eigenvalue weighted by Crippen LogP contribution is -2.74. The molecular weight excluding hydrogens is 298 g/mol. The molecule has 5 fully saturated rings. The molecule has 0 aromatic carbocycles. The molecule has 1 atom stereocenters. The van der Waals surface area contributed by atoms with E-state index in [2.05, 4.69) is 5.32 Å². The molecule has 1 spiro atoms. The number of hydrogen-bond donors (Lipinski definition) is 1. The van der Waals surface area contributed by atoms with Crippen molar-refractivity contribution in [1.29, 1.82) is 0 Å². The number of piperidine rings is 2. The van der Waals surface area contributed by atoms with Gasteiger partial charge in [0.25, 0.3) is 0 Å². The smallest absolute Gasteiger partial charge is 0.410 e. The molecule has 5 rings (SSSR count).